The Labute approximate surface area is 225 Å². The lowest BCUT2D eigenvalue weighted by atomic mass is 9.98. The predicted octanol–water partition coefficient (Wildman–Crippen LogP) is 3.97. The second-order valence-corrected chi connectivity index (χ2v) is 16.6. The highest BCUT2D eigenvalue weighted by Crippen LogP contribution is 2.38. The molecule has 0 bridgehead atoms. The van der Waals surface area contributed by atoms with Crippen molar-refractivity contribution in [1.29, 1.82) is 0 Å². The van der Waals surface area contributed by atoms with Gasteiger partial charge in [-0.05, 0) is 35.8 Å². The summed E-state index contributed by atoms with van der Waals surface area (Å²) >= 11 is 0. The third-order valence-electron chi connectivity index (χ3n) is 8.25. The van der Waals surface area contributed by atoms with Crippen molar-refractivity contribution in [3.63, 3.8) is 0 Å². The molecule has 2 atom stereocenters. The smallest absolute Gasteiger partial charge is 0.250 e. The van der Waals surface area contributed by atoms with E-state index in [1.54, 1.807) is 0 Å². The molecule has 1 aliphatic heterocycles. The van der Waals surface area contributed by atoms with Gasteiger partial charge in [-0.1, -0.05) is 93.6 Å². The van der Waals surface area contributed by atoms with Crippen LogP contribution in [-0.4, -0.2) is 36.6 Å². The Bertz CT molecular complexity index is 1040. The molecule has 3 aromatic rings. The van der Waals surface area contributed by atoms with Crippen molar-refractivity contribution in [2.45, 2.75) is 77.0 Å². The molecule has 0 amide bonds. The van der Waals surface area contributed by atoms with Gasteiger partial charge in [-0.25, -0.2) is 0 Å². The van der Waals surface area contributed by atoms with E-state index in [-0.39, 0.29) is 29.6 Å². The van der Waals surface area contributed by atoms with Gasteiger partial charge in [-0.2, -0.15) is 0 Å². The summed E-state index contributed by atoms with van der Waals surface area (Å²) in [4.78, 5) is 0. The third-order valence-corrected chi connectivity index (χ3v) is 12.6. The average Bonchev–Trinajstić information content (AvgIpc) is 3.10. The standard InChI is InChI=1S/C31H42NO2Si.ClH/c1-31(2,3)35(4,5)34-28-18-16-25(17-19-28)22-29-30(33)20-21-32(29,23-26-12-8-6-9-13-26)24-27-14-10-7-11-15-27;/h6-19,29-30,33H,20-24H2,1-5H3;1H/q+1;/p-1/t29-,30-;/m1./s1. The molecular weight excluding hydrogens is 482 g/mol. The fourth-order valence-corrected chi connectivity index (χ4v) is 6.20. The highest BCUT2D eigenvalue weighted by atomic mass is 35.5. The quantitative estimate of drug-likeness (QED) is 0.357. The van der Waals surface area contributed by atoms with Crippen LogP contribution in [0.15, 0.2) is 84.9 Å². The number of likely N-dealkylation sites (tertiary alicyclic amines) is 1. The van der Waals surface area contributed by atoms with Crippen LogP contribution in [-0.2, 0) is 19.5 Å². The van der Waals surface area contributed by atoms with Gasteiger partial charge in [0, 0.05) is 24.0 Å². The summed E-state index contributed by atoms with van der Waals surface area (Å²) in [5, 5.41) is 11.4. The Kier molecular flexibility index (Phi) is 9.10. The van der Waals surface area contributed by atoms with Gasteiger partial charge in [0.1, 0.15) is 31.0 Å². The summed E-state index contributed by atoms with van der Waals surface area (Å²) in [6.07, 6.45) is 1.41. The second kappa shape index (κ2) is 11.5. The van der Waals surface area contributed by atoms with E-state index in [0.29, 0.717) is 0 Å². The number of aliphatic hydroxyl groups excluding tert-OH is 1. The molecule has 0 unspecified atom stereocenters. The Morgan fingerprint density at radius 3 is 1.78 bits per heavy atom. The molecule has 5 heteroatoms. The van der Waals surface area contributed by atoms with Crippen molar-refractivity contribution in [3.8, 4) is 5.75 Å². The Morgan fingerprint density at radius 1 is 0.806 bits per heavy atom. The van der Waals surface area contributed by atoms with Crippen LogP contribution in [0.25, 0.3) is 0 Å². The van der Waals surface area contributed by atoms with Crippen LogP contribution in [0.4, 0.5) is 0 Å². The van der Waals surface area contributed by atoms with Gasteiger partial charge in [0.15, 0.2) is 0 Å². The normalized spacial score (nSPS) is 19.5. The molecule has 0 radical (unpaired) electrons. The molecule has 3 aromatic carbocycles. The molecule has 36 heavy (non-hydrogen) atoms. The number of hydrogen-bond donors (Lipinski definition) is 1. The van der Waals surface area contributed by atoms with Crippen molar-refractivity contribution in [3.05, 3.63) is 102 Å². The van der Waals surface area contributed by atoms with Crippen LogP contribution >= 0.6 is 0 Å². The van der Waals surface area contributed by atoms with E-state index in [2.05, 4.69) is 119 Å². The zero-order valence-corrected chi connectivity index (χ0v) is 24.2. The minimum atomic E-state index is -1.86. The van der Waals surface area contributed by atoms with E-state index in [0.717, 1.165) is 42.7 Å². The number of quaternary nitrogens is 1. The van der Waals surface area contributed by atoms with Crippen molar-refractivity contribution >= 4 is 8.32 Å². The molecule has 4 rings (SSSR count). The predicted molar refractivity (Wildman–Crippen MR) is 148 cm³/mol. The summed E-state index contributed by atoms with van der Waals surface area (Å²) in [6.45, 7) is 14.2. The SMILES string of the molecule is CC(C)(C)[Si](C)(C)Oc1ccc(C[C@@H]2[C@H](O)CC[N+]2(Cc2ccccc2)Cc2ccccc2)cc1.[Cl-]. The van der Waals surface area contributed by atoms with Gasteiger partial charge < -0.3 is 26.4 Å². The molecule has 0 aliphatic carbocycles. The van der Waals surface area contributed by atoms with Crippen molar-refractivity contribution in [2.75, 3.05) is 6.54 Å². The highest BCUT2D eigenvalue weighted by Gasteiger charge is 2.47. The molecule has 1 aliphatic rings. The summed E-state index contributed by atoms with van der Waals surface area (Å²) in [5.41, 5.74) is 3.93. The maximum atomic E-state index is 11.2. The van der Waals surface area contributed by atoms with Crippen molar-refractivity contribution in [2.24, 2.45) is 0 Å². The van der Waals surface area contributed by atoms with Gasteiger partial charge in [0.05, 0.1) is 6.54 Å². The number of aliphatic hydroxyl groups is 1. The first kappa shape index (κ1) is 28.5. The summed E-state index contributed by atoms with van der Waals surface area (Å²) in [7, 11) is -1.86. The average molecular weight is 524 g/mol. The minimum absolute atomic E-state index is 0. The fraction of sp³-hybridized carbons (Fsp3) is 0.419. The van der Waals surface area contributed by atoms with Crippen LogP contribution in [0.3, 0.4) is 0 Å². The topological polar surface area (TPSA) is 29.5 Å². The fourth-order valence-electron chi connectivity index (χ4n) is 5.17. The molecule has 3 nitrogen and oxygen atoms in total. The lowest BCUT2D eigenvalue weighted by molar-refractivity contribution is -0.965. The molecule has 194 valence electrons. The van der Waals surface area contributed by atoms with Gasteiger partial charge in [-0.3, -0.25) is 0 Å². The number of nitrogens with zero attached hydrogens (tertiary/aromatic N) is 1. The van der Waals surface area contributed by atoms with E-state index in [4.69, 9.17) is 4.43 Å². The van der Waals surface area contributed by atoms with Gasteiger partial charge in [0.2, 0.25) is 8.32 Å². The van der Waals surface area contributed by atoms with E-state index in [9.17, 15) is 5.11 Å². The van der Waals surface area contributed by atoms with Crippen LogP contribution in [0.5, 0.6) is 5.75 Å². The van der Waals surface area contributed by atoms with Crippen molar-refractivity contribution in [1.82, 2.24) is 0 Å². The van der Waals surface area contributed by atoms with Crippen LogP contribution in [0, 0.1) is 0 Å². The van der Waals surface area contributed by atoms with Crippen LogP contribution < -0.4 is 16.8 Å². The Morgan fingerprint density at radius 2 is 1.31 bits per heavy atom. The highest BCUT2D eigenvalue weighted by molar-refractivity contribution is 6.74. The van der Waals surface area contributed by atoms with Crippen LogP contribution in [0.1, 0.15) is 43.9 Å². The lowest BCUT2D eigenvalue weighted by Gasteiger charge is -2.41. The summed E-state index contributed by atoms with van der Waals surface area (Å²) < 4.78 is 7.38. The molecule has 1 N–H and O–H groups in total. The maximum absolute atomic E-state index is 11.2. The van der Waals surface area contributed by atoms with Gasteiger partial charge in [0.25, 0.3) is 0 Å². The zero-order valence-electron chi connectivity index (χ0n) is 22.5. The molecule has 0 spiro atoms. The number of hydrogen-bond acceptors (Lipinski definition) is 2. The third kappa shape index (κ3) is 6.60. The van der Waals surface area contributed by atoms with Crippen LogP contribution in [0.2, 0.25) is 18.1 Å². The second-order valence-electron chi connectivity index (χ2n) is 11.9. The van der Waals surface area contributed by atoms with Crippen molar-refractivity contribution < 1.29 is 26.4 Å². The lowest BCUT2D eigenvalue weighted by Crippen LogP contribution is -3.00. The number of halogens is 1. The molecule has 0 saturated carbocycles. The zero-order chi connectivity index (χ0) is 25.1. The van der Waals surface area contributed by atoms with E-state index in [1.165, 1.54) is 16.7 Å². The Hall–Kier alpha value is -2.11. The molecule has 1 heterocycles. The minimum Gasteiger partial charge on any atom is -1.00 e. The van der Waals surface area contributed by atoms with E-state index < -0.39 is 8.32 Å². The van der Waals surface area contributed by atoms with E-state index in [1.807, 2.05) is 0 Å². The molecule has 1 fully saturated rings. The number of rotatable bonds is 8. The summed E-state index contributed by atoms with van der Waals surface area (Å²) in [6, 6.07) is 30.3. The molecule has 0 aromatic heterocycles. The number of benzene rings is 3. The maximum Gasteiger partial charge on any atom is 0.250 e. The first-order valence-corrected chi connectivity index (χ1v) is 15.9. The Balaban J connectivity index is 0.00000361. The first-order chi connectivity index (χ1) is 16.6. The first-order valence-electron chi connectivity index (χ1n) is 13.0. The summed E-state index contributed by atoms with van der Waals surface area (Å²) in [5.74, 6) is 0.960. The molecule has 1 saturated heterocycles. The largest absolute Gasteiger partial charge is 1.00 e. The van der Waals surface area contributed by atoms with Gasteiger partial charge in [-0.15, -0.1) is 0 Å². The molecular formula is C31H42ClNO2Si. The van der Waals surface area contributed by atoms with Gasteiger partial charge >= 0.3 is 0 Å². The monoisotopic (exact) mass is 523 g/mol. The van der Waals surface area contributed by atoms with E-state index >= 15 is 0 Å².